The molecule has 2 N–H and O–H groups in total. The highest BCUT2D eigenvalue weighted by atomic mass is 79.9. The number of carbonyl (C=O) groups excluding carboxylic acids is 1. The van der Waals surface area contributed by atoms with Crippen molar-refractivity contribution in [2.75, 3.05) is 43.5 Å². The number of carbonyl (C=O) groups is 1. The van der Waals surface area contributed by atoms with E-state index in [1.807, 2.05) is 24.3 Å². The summed E-state index contributed by atoms with van der Waals surface area (Å²) in [4.78, 5) is 18.3. The largest absolute Gasteiger partial charge is 0.462 e. The van der Waals surface area contributed by atoms with Gasteiger partial charge in [0, 0.05) is 25.0 Å². The summed E-state index contributed by atoms with van der Waals surface area (Å²) >= 11 is 3.34. The number of morpholine rings is 1. The lowest BCUT2D eigenvalue weighted by atomic mass is 10.2. The molecule has 0 aliphatic carbocycles. The van der Waals surface area contributed by atoms with Crippen molar-refractivity contribution < 1.29 is 19.0 Å². The molecule has 0 atom stereocenters. The molecule has 1 saturated heterocycles. The Bertz CT molecular complexity index is 777. The molecule has 2 heterocycles. The molecule has 138 valence electrons. The number of anilines is 2. The van der Waals surface area contributed by atoms with Crippen molar-refractivity contribution in [3.63, 3.8) is 0 Å². The van der Waals surface area contributed by atoms with Crippen LogP contribution in [0.25, 0.3) is 0 Å². The maximum absolute atomic E-state index is 11.9. The lowest BCUT2D eigenvalue weighted by Crippen LogP contribution is -2.36. The van der Waals surface area contributed by atoms with Crippen LogP contribution in [-0.2, 0) is 9.47 Å². The number of nitrogen functional groups attached to an aromatic ring is 1. The number of aromatic nitrogens is 1. The SMILES string of the molecule is CCOC(=O)c1cnc(Oc2ccc(N3CCOCC3)cc2)c(Br)c1N. The zero-order chi connectivity index (χ0) is 18.5. The van der Waals surface area contributed by atoms with Gasteiger partial charge in [0.15, 0.2) is 0 Å². The average molecular weight is 422 g/mol. The predicted molar refractivity (Wildman–Crippen MR) is 102 cm³/mol. The maximum Gasteiger partial charge on any atom is 0.341 e. The Morgan fingerprint density at radius 3 is 2.65 bits per heavy atom. The van der Waals surface area contributed by atoms with E-state index in [-0.39, 0.29) is 23.7 Å². The monoisotopic (exact) mass is 421 g/mol. The van der Waals surface area contributed by atoms with Gasteiger partial charge in [-0.3, -0.25) is 0 Å². The Morgan fingerprint density at radius 2 is 2.00 bits per heavy atom. The Hall–Kier alpha value is -2.32. The third-order valence-corrected chi connectivity index (χ3v) is 4.71. The van der Waals surface area contributed by atoms with Crippen LogP contribution in [0.1, 0.15) is 17.3 Å². The van der Waals surface area contributed by atoms with Crippen molar-refractivity contribution in [3.8, 4) is 11.6 Å². The molecule has 0 radical (unpaired) electrons. The Labute approximate surface area is 160 Å². The summed E-state index contributed by atoms with van der Waals surface area (Å²) < 4.78 is 16.5. The standard InChI is InChI=1S/C18H20BrN3O4/c1-2-25-18(23)14-11-21-17(15(19)16(14)20)26-13-5-3-12(4-6-13)22-7-9-24-10-8-22/h3-6,11H,2,7-10H2,1H3,(H2,20,21). The first-order valence-electron chi connectivity index (χ1n) is 8.32. The average Bonchev–Trinajstić information content (AvgIpc) is 2.67. The molecule has 26 heavy (non-hydrogen) atoms. The number of nitrogens with zero attached hydrogens (tertiary/aromatic N) is 2. The molecule has 1 aliphatic heterocycles. The minimum atomic E-state index is -0.514. The van der Waals surface area contributed by atoms with Crippen LogP contribution in [0.5, 0.6) is 11.6 Å². The van der Waals surface area contributed by atoms with E-state index in [1.54, 1.807) is 6.92 Å². The van der Waals surface area contributed by atoms with Crippen molar-refractivity contribution in [2.24, 2.45) is 0 Å². The molecule has 0 amide bonds. The molecular formula is C18H20BrN3O4. The highest BCUT2D eigenvalue weighted by Gasteiger charge is 2.18. The number of hydrogen-bond donors (Lipinski definition) is 1. The number of esters is 1. The van der Waals surface area contributed by atoms with Gasteiger partial charge in [0.25, 0.3) is 0 Å². The number of hydrogen-bond acceptors (Lipinski definition) is 7. The summed E-state index contributed by atoms with van der Waals surface area (Å²) in [6.45, 7) is 5.22. The molecule has 1 fully saturated rings. The maximum atomic E-state index is 11.9. The van der Waals surface area contributed by atoms with E-state index < -0.39 is 5.97 Å². The highest BCUT2D eigenvalue weighted by Crippen LogP contribution is 2.34. The number of nitrogens with two attached hydrogens (primary N) is 1. The molecule has 0 bridgehead atoms. The second kappa shape index (κ2) is 8.37. The van der Waals surface area contributed by atoms with E-state index in [4.69, 9.17) is 19.9 Å². The number of ether oxygens (including phenoxy) is 3. The normalized spacial score (nSPS) is 14.2. The first-order valence-corrected chi connectivity index (χ1v) is 9.11. The highest BCUT2D eigenvalue weighted by molar-refractivity contribution is 9.10. The van der Waals surface area contributed by atoms with Gasteiger partial charge in [-0.2, -0.15) is 0 Å². The van der Waals surface area contributed by atoms with Gasteiger partial charge in [0.2, 0.25) is 5.88 Å². The second-order valence-electron chi connectivity index (χ2n) is 5.62. The lowest BCUT2D eigenvalue weighted by Gasteiger charge is -2.28. The van der Waals surface area contributed by atoms with E-state index in [0.717, 1.165) is 32.0 Å². The fourth-order valence-electron chi connectivity index (χ4n) is 2.58. The molecule has 1 aromatic heterocycles. The number of benzene rings is 1. The quantitative estimate of drug-likeness (QED) is 0.741. The summed E-state index contributed by atoms with van der Waals surface area (Å²) in [6, 6.07) is 7.72. The van der Waals surface area contributed by atoms with Gasteiger partial charge < -0.3 is 24.8 Å². The van der Waals surface area contributed by atoms with E-state index in [1.165, 1.54) is 6.20 Å². The van der Waals surface area contributed by atoms with Crippen LogP contribution in [0.3, 0.4) is 0 Å². The van der Waals surface area contributed by atoms with Crippen molar-refractivity contribution >= 4 is 33.3 Å². The first-order chi connectivity index (χ1) is 12.6. The topological polar surface area (TPSA) is 86.9 Å². The lowest BCUT2D eigenvalue weighted by molar-refractivity contribution is 0.0527. The zero-order valence-corrected chi connectivity index (χ0v) is 16.0. The van der Waals surface area contributed by atoms with E-state index in [9.17, 15) is 4.79 Å². The summed E-state index contributed by atoms with van der Waals surface area (Å²) in [6.07, 6.45) is 1.36. The summed E-state index contributed by atoms with van der Waals surface area (Å²) in [5.41, 5.74) is 7.56. The van der Waals surface area contributed by atoms with Crippen LogP contribution in [0.2, 0.25) is 0 Å². The van der Waals surface area contributed by atoms with Crippen LogP contribution in [0.15, 0.2) is 34.9 Å². The fourth-order valence-corrected chi connectivity index (χ4v) is 2.98. The molecule has 7 nitrogen and oxygen atoms in total. The number of pyridine rings is 1. The van der Waals surface area contributed by atoms with Gasteiger partial charge in [-0.1, -0.05) is 0 Å². The molecule has 0 spiro atoms. The zero-order valence-electron chi connectivity index (χ0n) is 14.4. The van der Waals surface area contributed by atoms with Gasteiger partial charge in [0.05, 0.1) is 25.5 Å². The Morgan fingerprint density at radius 1 is 1.31 bits per heavy atom. The smallest absolute Gasteiger partial charge is 0.341 e. The van der Waals surface area contributed by atoms with E-state index >= 15 is 0 Å². The van der Waals surface area contributed by atoms with Crippen LogP contribution in [0, 0.1) is 0 Å². The van der Waals surface area contributed by atoms with Gasteiger partial charge in [-0.25, -0.2) is 9.78 Å². The van der Waals surface area contributed by atoms with Crippen molar-refractivity contribution in [1.82, 2.24) is 4.98 Å². The first kappa shape index (κ1) is 18.5. The van der Waals surface area contributed by atoms with E-state index in [0.29, 0.717) is 10.2 Å². The van der Waals surface area contributed by atoms with Gasteiger partial charge in [0.1, 0.15) is 15.8 Å². The molecule has 2 aromatic rings. The summed E-state index contributed by atoms with van der Waals surface area (Å²) in [5.74, 6) is 0.396. The van der Waals surface area contributed by atoms with Crippen LogP contribution in [-0.4, -0.2) is 43.9 Å². The molecular weight excluding hydrogens is 402 g/mol. The minimum Gasteiger partial charge on any atom is -0.462 e. The predicted octanol–water partition coefficient (Wildman–Crippen LogP) is 3.23. The van der Waals surface area contributed by atoms with Gasteiger partial charge in [-0.15, -0.1) is 0 Å². The van der Waals surface area contributed by atoms with Crippen molar-refractivity contribution in [1.29, 1.82) is 0 Å². The van der Waals surface area contributed by atoms with Crippen molar-refractivity contribution in [3.05, 3.63) is 40.5 Å². The van der Waals surface area contributed by atoms with Crippen LogP contribution in [0.4, 0.5) is 11.4 Å². The Balaban J connectivity index is 1.74. The minimum absolute atomic E-state index is 0.203. The van der Waals surface area contributed by atoms with E-state index in [2.05, 4.69) is 25.8 Å². The molecule has 1 aliphatic rings. The van der Waals surface area contributed by atoms with Crippen LogP contribution < -0.4 is 15.4 Å². The molecule has 1 aromatic carbocycles. The van der Waals surface area contributed by atoms with Crippen LogP contribution >= 0.6 is 15.9 Å². The number of rotatable bonds is 5. The fraction of sp³-hybridized carbons (Fsp3) is 0.333. The Kier molecular flexibility index (Phi) is 5.95. The molecule has 0 saturated carbocycles. The second-order valence-corrected chi connectivity index (χ2v) is 6.41. The molecule has 0 unspecified atom stereocenters. The van der Waals surface area contributed by atoms with Gasteiger partial charge >= 0.3 is 5.97 Å². The third kappa shape index (κ3) is 4.08. The molecule has 3 rings (SSSR count). The third-order valence-electron chi connectivity index (χ3n) is 3.95. The summed E-state index contributed by atoms with van der Waals surface area (Å²) in [5, 5.41) is 0. The summed E-state index contributed by atoms with van der Waals surface area (Å²) in [7, 11) is 0. The number of halogens is 1. The van der Waals surface area contributed by atoms with Crippen molar-refractivity contribution in [2.45, 2.75) is 6.92 Å². The molecule has 8 heteroatoms. The van der Waals surface area contributed by atoms with Gasteiger partial charge in [-0.05, 0) is 47.1 Å².